The summed E-state index contributed by atoms with van der Waals surface area (Å²) in [4.78, 5) is 37.3. The first-order chi connectivity index (χ1) is 14.1. The van der Waals surface area contributed by atoms with Gasteiger partial charge in [-0.25, -0.2) is 9.59 Å². The van der Waals surface area contributed by atoms with Crippen molar-refractivity contribution in [1.29, 1.82) is 0 Å². The van der Waals surface area contributed by atoms with Crippen LogP contribution in [0.4, 0.5) is 15.3 Å². The van der Waals surface area contributed by atoms with Gasteiger partial charge in [0.05, 0.1) is 28.9 Å². The smallest absolute Gasteiger partial charge is 0.388 e. The fraction of sp³-hybridized carbons (Fsp3) is 0.500. The lowest BCUT2D eigenvalue weighted by Gasteiger charge is -2.27. The monoisotopic (exact) mass is 436 g/mol. The van der Waals surface area contributed by atoms with E-state index in [2.05, 4.69) is 10.4 Å². The van der Waals surface area contributed by atoms with Crippen LogP contribution in [-0.4, -0.2) is 52.6 Å². The van der Waals surface area contributed by atoms with E-state index in [0.29, 0.717) is 12.8 Å². The van der Waals surface area contributed by atoms with Gasteiger partial charge in [0.25, 0.3) is 5.91 Å². The number of carbonyl (C=O) groups is 3. The highest BCUT2D eigenvalue weighted by molar-refractivity contribution is 6.34. The number of aliphatic hydroxyl groups is 1. The highest BCUT2D eigenvalue weighted by atomic mass is 35.5. The number of quaternary nitrogens is 1. The van der Waals surface area contributed by atoms with Gasteiger partial charge in [-0.15, -0.1) is 14.6 Å². The van der Waals surface area contributed by atoms with Gasteiger partial charge in [0.2, 0.25) is 5.84 Å². The minimum atomic E-state index is -0.927. The fourth-order valence-electron chi connectivity index (χ4n) is 3.75. The molecule has 1 aliphatic heterocycles. The molecule has 1 aromatic rings. The molecule has 1 aliphatic carbocycles. The van der Waals surface area contributed by atoms with Crippen molar-refractivity contribution < 1.29 is 24.0 Å². The molecule has 30 heavy (non-hydrogen) atoms. The largest absolute Gasteiger partial charge is 0.459 e. The van der Waals surface area contributed by atoms with Crippen LogP contribution in [-0.2, 0) is 0 Å². The van der Waals surface area contributed by atoms with Gasteiger partial charge in [-0.1, -0.05) is 37.3 Å². The number of anilines is 1. The first kappa shape index (κ1) is 22.2. The number of hydrogen-bond acceptors (Lipinski definition) is 5. The summed E-state index contributed by atoms with van der Waals surface area (Å²) in [5.41, 5.74) is 4.89. The predicted molar refractivity (Wildman–Crippen MR) is 113 cm³/mol. The lowest BCUT2D eigenvalue weighted by molar-refractivity contribution is -0.637. The molecule has 0 saturated heterocycles. The van der Waals surface area contributed by atoms with E-state index in [1.165, 1.54) is 32.2 Å². The van der Waals surface area contributed by atoms with E-state index in [9.17, 15) is 19.5 Å². The molecule has 2 aliphatic rings. The maximum Gasteiger partial charge on any atom is 0.459 e. The maximum atomic E-state index is 12.8. The molecule has 0 bridgehead atoms. The second kappa shape index (κ2) is 8.33. The summed E-state index contributed by atoms with van der Waals surface area (Å²) in [5, 5.41) is 18.9. The van der Waals surface area contributed by atoms with Crippen molar-refractivity contribution in [2.75, 3.05) is 18.6 Å². The van der Waals surface area contributed by atoms with E-state index < -0.39 is 28.1 Å². The Labute approximate surface area is 180 Å². The summed E-state index contributed by atoms with van der Waals surface area (Å²) in [7, 11) is 1.36. The van der Waals surface area contributed by atoms with Crippen LogP contribution in [0.1, 0.15) is 55.8 Å². The molecule has 0 spiro atoms. The van der Waals surface area contributed by atoms with Gasteiger partial charge in [-0.3, -0.25) is 4.79 Å². The van der Waals surface area contributed by atoms with E-state index in [0.717, 1.165) is 30.7 Å². The molecule has 1 unspecified atom stereocenters. The summed E-state index contributed by atoms with van der Waals surface area (Å²) in [6.45, 7) is 1.66. The third kappa shape index (κ3) is 4.05. The van der Waals surface area contributed by atoms with Crippen molar-refractivity contribution in [3.05, 3.63) is 28.8 Å². The molecule has 5 amide bonds. The molecule has 1 fully saturated rings. The van der Waals surface area contributed by atoms with Crippen LogP contribution in [0.5, 0.6) is 0 Å². The number of hydrogen-bond donors (Lipinski definition) is 3. The summed E-state index contributed by atoms with van der Waals surface area (Å²) in [6, 6.07) is 2.94. The zero-order valence-corrected chi connectivity index (χ0v) is 17.9. The van der Waals surface area contributed by atoms with Crippen LogP contribution in [0.3, 0.4) is 0 Å². The van der Waals surface area contributed by atoms with Crippen molar-refractivity contribution in [3.63, 3.8) is 0 Å². The van der Waals surface area contributed by atoms with Crippen molar-refractivity contribution in [1.82, 2.24) is 5.32 Å². The van der Waals surface area contributed by atoms with Gasteiger partial charge in [0.15, 0.2) is 0 Å². The standard InChI is InChI=1S/C20H26ClN5O4/c1-13-24-25(19(29)26(13,2)18(22)28)14-7-8-16(21)15(11-14)17(27)23-12-20(30)9-5-3-4-6-10-20/h7-8,11,30H,3-6,9-10,12H2,1-2H3,(H2-,22,23,27,28)/p+1. The van der Waals surface area contributed by atoms with Crippen LogP contribution in [0, 0.1) is 0 Å². The predicted octanol–water partition coefficient (Wildman–Crippen LogP) is 2.95. The number of imide groups is 1. The maximum absolute atomic E-state index is 12.8. The molecule has 0 aromatic heterocycles. The third-order valence-corrected chi connectivity index (χ3v) is 6.28. The van der Waals surface area contributed by atoms with Crippen molar-refractivity contribution in [2.45, 2.75) is 51.0 Å². The molecule has 1 heterocycles. The number of nitrogens with zero attached hydrogens (tertiary/aromatic N) is 3. The molecular formula is C20H27ClN5O4+. The zero-order valence-electron chi connectivity index (χ0n) is 17.2. The highest BCUT2D eigenvalue weighted by Gasteiger charge is 2.52. The topological polar surface area (TPSA) is 125 Å². The number of rotatable bonds is 4. The van der Waals surface area contributed by atoms with Gasteiger partial charge < -0.3 is 16.2 Å². The summed E-state index contributed by atoms with van der Waals surface area (Å²) in [6.07, 6.45) is 5.29. The Morgan fingerprint density at radius 1 is 1.30 bits per heavy atom. The van der Waals surface area contributed by atoms with Crippen LogP contribution < -0.4 is 16.1 Å². The minimum Gasteiger partial charge on any atom is -0.388 e. The van der Waals surface area contributed by atoms with Gasteiger partial charge in [0.1, 0.15) is 0 Å². The lowest BCUT2D eigenvalue weighted by atomic mass is 9.94. The molecule has 3 rings (SSSR count). The van der Waals surface area contributed by atoms with E-state index in [1.807, 2.05) is 0 Å². The first-order valence-electron chi connectivity index (χ1n) is 9.95. The van der Waals surface area contributed by atoms with Gasteiger partial charge in [-0.2, -0.15) is 0 Å². The van der Waals surface area contributed by atoms with E-state index in [-0.39, 0.29) is 28.7 Å². The molecule has 0 radical (unpaired) electrons. The van der Waals surface area contributed by atoms with E-state index >= 15 is 0 Å². The van der Waals surface area contributed by atoms with Crippen LogP contribution in [0.25, 0.3) is 0 Å². The minimum absolute atomic E-state index is 0.128. The van der Waals surface area contributed by atoms with Gasteiger partial charge in [-0.05, 0) is 31.0 Å². The summed E-state index contributed by atoms with van der Waals surface area (Å²) in [5.74, 6) is -0.247. The van der Waals surface area contributed by atoms with Crippen molar-refractivity contribution in [2.24, 2.45) is 10.8 Å². The second-order valence-electron chi connectivity index (χ2n) is 8.07. The molecule has 1 atom stereocenters. The number of amides is 5. The van der Waals surface area contributed by atoms with Crippen molar-refractivity contribution in [3.8, 4) is 0 Å². The normalized spacial score (nSPS) is 23.7. The fourth-order valence-corrected chi connectivity index (χ4v) is 3.95. The lowest BCUT2D eigenvalue weighted by Crippen LogP contribution is -2.58. The molecule has 1 saturated carbocycles. The summed E-state index contributed by atoms with van der Waals surface area (Å²) >= 11 is 6.21. The van der Waals surface area contributed by atoms with E-state index in [1.54, 1.807) is 0 Å². The molecule has 4 N–H and O–H groups in total. The Morgan fingerprint density at radius 3 is 2.50 bits per heavy atom. The number of nitrogens with two attached hydrogens (primary N) is 1. The van der Waals surface area contributed by atoms with Crippen LogP contribution in [0.2, 0.25) is 5.02 Å². The number of nitrogens with one attached hydrogen (secondary N) is 1. The number of benzene rings is 1. The number of amidine groups is 1. The van der Waals surface area contributed by atoms with Crippen molar-refractivity contribution >= 4 is 41.1 Å². The highest BCUT2D eigenvalue weighted by Crippen LogP contribution is 2.30. The molecular weight excluding hydrogens is 410 g/mol. The number of carbonyl (C=O) groups excluding carboxylic acids is 3. The zero-order chi connectivity index (χ0) is 22.1. The molecule has 162 valence electrons. The first-order valence-corrected chi connectivity index (χ1v) is 10.3. The molecule has 9 nitrogen and oxygen atoms in total. The Hall–Kier alpha value is -2.49. The third-order valence-electron chi connectivity index (χ3n) is 5.95. The Balaban J connectivity index is 1.79. The average Bonchev–Trinajstić information content (AvgIpc) is 2.85. The number of hydrazone groups is 1. The van der Waals surface area contributed by atoms with Gasteiger partial charge >= 0.3 is 12.1 Å². The Kier molecular flexibility index (Phi) is 6.16. The quantitative estimate of drug-likeness (QED) is 0.495. The number of halogens is 1. The molecule has 1 aromatic carbocycles. The van der Waals surface area contributed by atoms with E-state index in [4.69, 9.17) is 17.3 Å². The SMILES string of the molecule is CC1=NN(c2ccc(Cl)c(C(=O)NCC3(O)CCCCCC3)c2)C(=O)[N+]1(C)C(N)=O. The Bertz CT molecular complexity index is 910. The summed E-state index contributed by atoms with van der Waals surface area (Å²) < 4.78 is -0.781. The number of urea groups is 2. The van der Waals surface area contributed by atoms with Crippen LogP contribution >= 0.6 is 11.6 Å². The van der Waals surface area contributed by atoms with Gasteiger partial charge in [0, 0.05) is 13.5 Å². The Morgan fingerprint density at radius 2 is 1.93 bits per heavy atom. The number of primary amides is 1. The molecule has 10 heteroatoms. The van der Waals surface area contributed by atoms with Crippen LogP contribution in [0.15, 0.2) is 23.3 Å². The average molecular weight is 437 g/mol. The second-order valence-corrected chi connectivity index (χ2v) is 8.48.